The van der Waals surface area contributed by atoms with Crippen molar-refractivity contribution in [3.8, 4) is 0 Å². The molecule has 1 aromatic carbocycles. The summed E-state index contributed by atoms with van der Waals surface area (Å²) >= 11 is 0. The number of hydrogen-bond donors (Lipinski definition) is 1. The minimum Gasteiger partial charge on any atom is -0.449 e. The summed E-state index contributed by atoms with van der Waals surface area (Å²) in [6.07, 6.45) is 0.424. The van der Waals surface area contributed by atoms with Gasteiger partial charge < -0.3 is 4.74 Å². The summed E-state index contributed by atoms with van der Waals surface area (Å²) in [5.74, 6) is 1.12. The fraction of sp³-hybridized carbons (Fsp3) is 0.308. The molecule has 0 aliphatic carbocycles. The number of benzene rings is 1. The van der Waals surface area contributed by atoms with Gasteiger partial charge in [0.1, 0.15) is 0 Å². The van der Waals surface area contributed by atoms with Gasteiger partial charge >= 0.3 is 0 Å². The van der Waals surface area contributed by atoms with Gasteiger partial charge in [0.05, 0.1) is 0 Å². The van der Waals surface area contributed by atoms with Gasteiger partial charge in [0, 0.05) is 12.8 Å². The van der Waals surface area contributed by atoms with E-state index in [4.69, 9.17) is 5.73 Å². The smallest absolute Gasteiger partial charge is 0.294 e. The lowest BCUT2D eigenvalue weighted by Gasteiger charge is -2.09. The van der Waals surface area contributed by atoms with Crippen molar-refractivity contribution in [1.82, 2.24) is 20.4 Å². The third-order valence-corrected chi connectivity index (χ3v) is 2.67. The summed E-state index contributed by atoms with van der Waals surface area (Å²) in [4.78, 5) is 10.2. The fourth-order valence-electron chi connectivity index (χ4n) is 1.70. The van der Waals surface area contributed by atoms with Crippen molar-refractivity contribution in [2.45, 2.75) is 26.0 Å². The Morgan fingerprint density at radius 1 is 1.15 bits per heavy atom. The molecule has 2 N–H and O–H groups in total. The van der Waals surface area contributed by atoms with E-state index in [1.165, 1.54) is 0 Å². The molecule has 0 amide bonds. The van der Waals surface area contributed by atoms with Crippen LogP contribution in [0.3, 0.4) is 0 Å². The second kappa shape index (κ2) is 6.67. The second-order valence-electron chi connectivity index (χ2n) is 4.33. The Hall–Kier alpha value is -2.41. The van der Waals surface area contributed by atoms with E-state index in [9.17, 15) is 4.79 Å². The highest BCUT2D eigenvalue weighted by molar-refractivity contribution is 5.37. The fourth-order valence-corrected chi connectivity index (χ4v) is 1.70. The Morgan fingerprint density at radius 3 is 2.35 bits per heavy atom. The largest absolute Gasteiger partial charge is 0.449 e. The van der Waals surface area contributed by atoms with E-state index < -0.39 is 6.23 Å². The highest BCUT2D eigenvalue weighted by Crippen LogP contribution is 2.09. The molecule has 0 spiro atoms. The van der Waals surface area contributed by atoms with E-state index in [0.29, 0.717) is 31.0 Å². The van der Waals surface area contributed by atoms with Crippen molar-refractivity contribution in [3.05, 3.63) is 47.0 Å². The Morgan fingerprint density at radius 2 is 1.75 bits per heavy atom. The van der Waals surface area contributed by atoms with Crippen LogP contribution >= 0.6 is 0 Å². The molecular weight excluding hydrogens is 258 g/mol. The van der Waals surface area contributed by atoms with Gasteiger partial charge in [-0.2, -0.15) is 0 Å². The summed E-state index contributed by atoms with van der Waals surface area (Å²) < 4.78 is 4.64. The molecule has 20 heavy (non-hydrogen) atoms. The highest BCUT2D eigenvalue weighted by Gasteiger charge is 2.05. The van der Waals surface area contributed by atoms with Crippen molar-refractivity contribution in [2.24, 2.45) is 5.73 Å². The Kier molecular flexibility index (Phi) is 4.67. The molecule has 0 bridgehead atoms. The van der Waals surface area contributed by atoms with Crippen molar-refractivity contribution in [2.75, 3.05) is 0 Å². The SMILES string of the molecule is Cc1nnc(Cc2ccc(CC(N)OC=O)cc2)nn1. The second-order valence-corrected chi connectivity index (χ2v) is 4.33. The van der Waals surface area contributed by atoms with Crippen LogP contribution in [-0.2, 0) is 22.4 Å². The maximum atomic E-state index is 10.2. The lowest BCUT2D eigenvalue weighted by atomic mass is 10.1. The Labute approximate surface area is 116 Å². The number of aromatic nitrogens is 4. The maximum absolute atomic E-state index is 10.2. The first-order chi connectivity index (χ1) is 9.67. The standard InChI is InChI=1S/C13H15N5O2/c1-9-15-17-13(18-16-9)7-11-4-2-10(3-5-11)6-12(14)20-8-19/h2-5,8,12H,6-7,14H2,1H3. The van der Waals surface area contributed by atoms with Gasteiger partial charge in [0.2, 0.25) is 0 Å². The molecule has 0 saturated carbocycles. The summed E-state index contributed by atoms with van der Waals surface area (Å²) in [6.45, 7) is 2.09. The van der Waals surface area contributed by atoms with Crippen LogP contribution in [0.2, 0.25) is 0 Å². The molecule has 0 fully saturated rings. The number of ether oxygens (including phenoxy) is 1. The van der Waals surface area contributed by atoms with E-state index in [1.54, 1.807) is 6.92 Å². The summed E-state index contributed by atoms with van der Waals surface area (Å²) in [7, 11) is 0. The molecular formula is C13H15N5O2. The normalized spacial score (nSPS) is 11.9. The van der Waals surface area contributed by atoms with Crippen LogP contribution in [0.1, 0.15) is 22.8 Å². The van der Waals surface area contributed by atoms with Crippen molar-refractivity contribution >= 4 is 6.47 Å². The summed E-state index contributed by atoms with van der Waals surface area (Å²) in [5, 5.41) is 15.7. The number of aryl methyl sites for hydroxylation is 1. The van der Waals surface area contributed by atoms with Gasteiger partial charge in [-0.3, -0.25) is 10.5 Å². The molecule has 0 saturated heterocycles. The quantitative estimate of drug-likeness (QED) is 0.590. The number of hydrogen-bond acceptors (Lipinski definition) is 7. The Balaban J connectivity index is 1.97. The zero-order chi connectivity index (χ0) is 14.4. The summed E-state index contributed by atoms with van der Waals surface area (Å²) in [6, 6.07) is 7.76. The van der Waals surface area contributed by atoms with Gasteiger partial charge in [0.25, 0.3) is 6.47 Å². The first kappa shape index (κ1) is 14.0. The average Bonchev–Trinajstić information content (AvgIpc) is 2.44. The van der Waals surface area contributed by atoms with Crippen LogP contribution in [0.25, 0.3) is 0 Å². The molecule has 1 unspecified atom stereocenters. The van der Waals surface area contributed by atoms with E-state index in [1.807, 2.05) is 24.3 Å². The van der Waals surface area contributed by atoms with E-state index in [0.717, 1.165) is 11.1 Å². The number of carbonyl (C=O) groups is 1. The molecule has 0 aliphatic rings. The molecule has 7 nitrogen and oxygen atoms in total. The molecule has 7 heteroatoms. The lowest BCUT2D eigenvalue weighted by molar-refractivity contribution is -0.133. The van der Waals surface area contributed by atoms with Gasteiger partial charge in [-0.25, -0.2) is 0 Å². The Bertz CT molecular complexity index is 556. The zero-order valence-corrected chi connectivity index (χ0v) is 11.1. The topological polar surface area (TPSA) is 104 Å². The van der Waals surface area contributed by atoms with Crippen molar-refractivity contribution in [3.63, 3.8) is 0 Å². The molecule has 2 aromatic rings. The monoisotopic (exact) mass is 273 g/mol. The first-order valence-corrected chi connectivity index (χ1v) is 6.13. The molecule has 1 heterocycles. The predicted molar refractivity (Wildman–Crippen MR) is 70.4 cm³/mol. The van der Waals surface area contributed by atoms with Crippen molar-refractivity contribution in [1.29, 1.82) is 0 Å². The maximum Gasteiger partial charge on any atom is 0.294 e. The first-order valence-electron chi connectivity index (χ1n) is 6.13. The summed E-state index contributed by atoms with van der Waals surface area (Å²) in [5.41, 5.74) is 7.64. The van der Waals surface area contributed by atoms with Gasteiger partial charge in [-0.1, -0.05) is 24.3 Å². The lowest BCUT2D eigenvalue weighted by Crippen LogP contribution is -2.25. The average molecular weight is 273 g/mol. The molecule has 0 aliphatic heterocycles. The van der Waals surface area contributed by atoms with Gasteiger partial charge in [-0.05, 0) is 18.1 Å². The van der Waals surface area contributed by atoms with Crippen LogP contribution in [0.15, 0.2) is 24.3 Å². The van der Waals surface area contributed by atoms with Gasteiger partial charge in [-0.15, -0.1) is 20.4 Å². The van der Waals surface area contributed by atoms with Crippen LogP contribution < -0.4 is 5.73 Å². The number of carbonyl (C=O) groups excluding carboxylic acids is 1. The third kappa shape index (κ3) is 4.06. The number of nitrogens with two attached hydrogens (primary N) is 1. The van der Waals surface area contributed by atoms with Crippen LogP contribution in [0, 0.1) is 6.92 Å². The number of nitrogens with zero attached hydrogens (tertiary/aromatic N) is 4. The van der Waals surface area contributed by atoms with Gasteiger partial charge in [0.15, 0.2) is 17.9 Å². The third-order valence-electron chi connectivity index (χ3n) is 2.67. The van der Waals surface area contributed by atoms with Crippen LogP contribution in [-0.4, -0.2) is 33.1 Å². The molecule has 1 atom stereocenters. The molecule has 1 aromatic heterocycles. The minimum atomic E-state index is -0.618. The van der Waals surface area contributed by atoms with E-state index in [2.05, 4.69) is 25.1 Å². The molecule has 2 rings (SSSR count). The van der Waals surface area contributed by atoms with Crippen LogP contribution in [0.5, 0.6) is 0 Å². The minimum absolute atomic E-state index is 0.355. The molecule has 104 valence electrons. The molecule has 0 radical (unpaired) electrons. The number of rotatable bonds is 6. The van der Waals surface area contributed by atoms with E-state index >= 15 is 0 Å². The van der Waals surface area contributed by atoms with Crippen LogP contribution in [0.4, 0.5) is 0 Å². The van der Waals surface area contributed by atoms with E-state index in [-0.39, 0.29) is 0 Å². The predicted octanol–water partition coefficient (Wildman–Crippen LogP) is 0.166. The zero-order valence-electron chi connectivity index (χ0n) is 11.1. The highest BCUT2D eigenvalue weighted by atomic mass is 16.5. The van der Waals surface area contributed by atoms with Crippen molar-refractivity contribution < 1.29 is 9.53 Å².